The molecule has 1 heterocycles. The number of rotatable bonds is 5. The molecular formula is C18H21N3O3S. The van der Waals surface area contributed by atoms with Gasteiger partial charge in [-0.25, -0.2) is 8.42 Å². The lowest BCUT2D eigenvalue weighted by atomic mass is 10.1. The Morgan fingerprint density at radius 2 is 1.64 bits per heavy atom. The topological polar surface area (TPSA) is 78.5 Å². The summed E-state index contributed by atoms with van der Waals surface area (Å²) in [5.74, 6) is -0.360. The molecule has 0 bridgehead atoms. The molecule has 25 heavy (non-hydrogen) atoms. The van der Waals surface area contributed by atoms with Gasteiger partial charge >= 0.3 is 0 Å². The third kappa shape index (κ3) is 4.51. The number of nitrogens with one attached hydrogen (secondary N) is 2. The number of nitrogens with zero attached hydrogens (tertiary/aromatic N) is 1. The summed E-state index contributed by atoms with van der Waals surface area (Å²) >= 11 is 0. The molecule has 1 saturated heterocycles. The van der Waals surface area contributed by atoms with Crippen molar-refractivity contribution in [3.63, 3.8) is 0 Å². The second-order valence-corrected chi connectivity index (χ2v) is 7.86. The van der Waals surface area contributed by atoms with Crippen molar-refractivity contribution < 1.29 is 13.2 Å². The van der Waals surface area contributed by atoms with Crippen LogP contribution in [-0.4, -0.2) is 33.7 Å². The average molecular weight is 359 g/mol. The van der Waals surface area contributed by atoms with Crippen LogP contribution < -0.4 is 14.9 Å². The fourth-order valence-corrected chi connectivity index (χ4v) is 3.48. The Labute approximate surface area is 147 Å². The van der Waals surface area contributed by atoms with E-state index in [1.807, 2.05) is 24.3 Å². The van der Waals surface area contributed by atoms with Crippen molar-refractivity contribution in [2.24, 2.45) is 0 Å². The molecule has 132 valence electrons. The van der Waals surface area contributed by atoms with Gasteiger partial charge in [-0.05, 0) is 49.2 Å². The predicted octanol–water partition coefficient (Wildman–Crippen LogP) is 2.91. The molecule has 0 spiro atoms. The fraction of sp³-hybridized carbons (Fsp3) is 0.278. The maximum absolute atomic E-state index is 12.5. The van der Waals surface area contributed by atoms with Crippen molar-refractivity contribution in [2.75, 3.05) is 34.3 Å². The highest BCUT2D eigenvalue weighted by Crippen LogP contribution is 2.23. The molecule has 0 aromatic heterocycles. The highest BCUT2D eigenvalue weighted by molar-refractivity contribution is 7.92. The van der Waals surface area contributed by atoms with E-state index in [0.29, 0.717) is 5.69 Å². The zero-order valence-electron chi connectivity index (χ0n) is 14.0. The number of amides is 1. The summed E-state index contributed by atoms with van der Waals surface area (Å²) in [6.45, 7) is 2.13. The standard InChI is InChI=1S/C18H21N3O3S/c1-25(23,24)20-17-7-3-2-6-16(17)18(22)19-14-8-10-15(11-9-14)21-12-4-5-13-21/h2-3,6-11,20H,4-5,12-13H2,1H3,(H,19,22). The summed E-state index contributed by atoms with van der Waals surface area (Å²) in [5.41, 5.74) is 2.35. The second-order valence-electron chi connectivity index (χ2n) is 6.11. The van der Waals surface area contributed by atoms with Crippen LogP contribution in [0.25, 0.3) is 0 Å². The largest absolute Gasteiger partial charge is 0.372 e. The van der Waals surface area contributed by atoms with Crippen molar-refractivity contribution in [1.82, 2.24) is 0 Å². The number of hydrogen-bond donors (Lipinski definition) is 2. The number of carbonyl (C=O) groups excluding carboxylic acids is 1. The minimum absolute atomic E-state index is 0.260. The molecule has 0 radical (unpaired) electrons. The number of sulfonamides is 1. The summed E-state index contributed by atoms with van der Waals surface area (Å²) in [7, 11) is -3.46. The molecule has 1 aliphatic rings. The molecule has 0 atom stereocenters. The van der Waals surface area contributed by atoms with Gasteiger partial charge in [0, 0.05) is 24.5 Å². The van der Waals surface area contributed by atoms with Gasteiger partial charge in [0.25, 0.3) is 5.91 Å². The molecule has 1 fully saturated rings. The van der Waals surface area contributed by atoms with Gasteiger partial charge in [-0.3, -0.25) is 9.52 Å². The zero-order chi connectivity index (χ0) is 17.9. The van der Waals surface area contributed by atoms with Crippen LogP contribution in [0.4, 0.5) is 17.1 Å². The summed E-state index contributed by atoms with van der Waals surface area (Å²) in [6, 6.07) is 14.2. The SMILES string of the molecule is CS(=O)(=O)Nc1ccccc1C(=O)Nc1ccc(N2CCCC2)cc1. The second kappa shape index (κ2) is 7.14. The Bertz CT molecular complexity index is 857. The quantitative estimate of drug-likeness (QED) is 0.860. The van der Waals surface area contributed by atoms with Crippen molar-refractivity contribution in [1.29, 1.82) is 0 Å². The predicted molar refractivity (Wildman–Crippen MR) is 101 cm³/mol. The van der Waals surface area contributed by atoms with Crippen LogP contribution in [0, 0.1) is 0 Å². The molecule has 1 aliphatic heterocycles. The minimum atomic E-state index is -3.46. The Balaban J connectivity index is 1.74. The van der Waals surface area contributed by atoms with Crippen molar-refractivity contribution in [3.05, 3.63) is 54.1 Å². The lowest BCUT2D eigenvalue weighted by molar-refractivity contribution is 0.102. The van der Waals surface area contributed by atoms with Crippen molar-refractivity contribution in [2.45, 2.75) is 12.8 Å². The highest BCUT2D eigenvalue weighted by atomic mass is 32.2. The molecule has 7 heteroatoms. The average Bonchev–Trinajstić information content (AvgIpc) is 3.09. The third-order valence-electron chi connectivity index (χ3n) is 4.06. The van der Waals surface area contributed by atoms with Gasteiger partial charge in [-0.1, -0.05) is 12.1 Å². The zero-order valence-corrected chi connectivity index (χ0v) is 14.8. The first-order valence-corrected chi connectivity index (χ1v) is 10.0. The normalized spacial score (nSPS) is 14.4. The first-order valence-electron chi connectivity index (χ1n) is 8.15. The van der Waals surface area contributed by atoms with Crippen LogP contribution >= 0.6 is 0 Å². The summed E-state index contributed by atoms with van der Waals surface area (Å²) in [6.07, 6.45) is 3.48. The van der Waals surface area contributed by atoms with E-state index in [-0.39, 0.29) is 17.2 Å². The molecule has 1 amide bonds. The summed E-state index contributed by atoms with van der Waals surface area (Å²) in [4.78, 5) is 14.8. The highest BCUT2D eigenvalue weighted by Gasteiger charge is 2.15. The van der Waals surface area contributed by atoms with Gasteiger partial charge in [0.15, 0.2) is 0 Å². The summed E-state index contributed by atoms with van der Waals surface area (Å²) in [5, 5.41) is 2.81. The smallest absolute Gasteiger partial charge is 0.257 e. The van der Waals surface area contributed by atoms with E-state index in [4.69, 9.17) is 0 Å². The summed E-state index contributed by atoms with van der Waals surface area (Å²) < 4.78 is 25.3. The molecule has 0 unspecified atom stereocenters. The van der Waals surface area contributed by atoms with Crippen molar-refractivity contribution >= 4 is 33.0 Å². The molecule has 2 N–H and O–H groups in total. The van der Waals surface area contributed by atoms with E-state index >= 15 is 0 Å². The monoisotopic (exact) mass is 359 g/mol. The lowest BCUT2D eigenvalue weighted by Gasteiger charge is -2.18. The first kappa shape index (κ1) is 17.3. The van der Waals surface area contributed by atoms with Gasteiger partial charge in [-0.2, -0.15) is 0 Å². The number of carbonyl (C=O) groups is 1. The van der Waals surface area contributed by atoms with Gasteiger partial charge in [-0.15, -0.1) is 0 Å². The third-order valence-corrected chi connectivity index (χ3v) is 4.65. The van der Waals surface area contributed by atoms with Gasteiger partial charge in [0.1, 0.15) is 0 Å². The minimum Gasteiger partial charge on any atom is -0.372 e. The Kier molecular flexibility index (Phi) is 4.94. The maximum atomic E-state index is 12.5. The Morgan fingerprint density at radius 1 is 1.00 bits per heavy atom. The fourth-order valence-electron chi connectivity index (χ4n) is 2.90. The molecule has 2 aromatic carbocycles. The van der Waals surface area contributed by atoms with E-state index in [0.717, 1.165) is 25.0 Å². The molecule has 3 rings (SSSR count). The van der Waals surface area contributed by atoms with Gasteiger partial charge in [0.05, 0.1) is 17.5 Å². The van der Waals surface area contributed by atoms with Crippen LogP contribution in [0.3, 0.4) is 0 Å². The molecule has 0 aliphatic carbocycles. The number of benzene rings is 2. The maximum Gasteiger partial charge on any atom is 0.257 e. The van der Waals surface area contributed by atoms with Crippen LogP contribution in [0.1, 0.15) is 23.2 Å². The number of anilines is 3. The van der Waals surface area contributed by atoms with E-state index in [9.17, 15) is 13.2 Å². The molecular weight excluding hydrogens is 338 g/mol. The molecule has 6 nitrogen and oxygen atoms in total. The van der Waals surface area contributed by atoms with E-state index in [1.165, 1.54) is 12.8 Å². The van der Waals surface area contributed by atoms with Crippen molar-refractivity contribution in [3.8, 4) is 0 Å². The Hall–Kier alpha value is -2.54. The van der Waals surface area contributed by atoms with E-state index in [1.54, 1.807) is 24.3 Å². The van der Waals surface area contributed by atoms with E-state index < -0.39 is 10.0 Å². The van der Waals surface area contributed by atoms with Crippen LogP contribution in [0.5, 0.6) is 0 Å². The molecule has 2 aromatic rings. The lowest BCUT2D eigenvalue weighted by Crippen LogP contribution is -2.18. The number of para-hydroxylation sites is 1. The van der Waals surface area contributed by atoms with E-state index in [2.05, 4.69) is 14.9 Å². The van der Waals surface area contributed by atoms with Gasteiger partial charge in [0.2, 0.25) is 10.0 Å². The first-order chi connectivity index (χ1) is 11.9. The van der Waals surface area contributed by atoms with Crippen LogP contribution in [0.2, 0.25) is 0 Å². The van der Waals surface area contributed by atoms with Crippen LogP contribution in [-0.2, 0) is 10.0 Å². The van der Waals surface area contributed by atoms with Crippen LogP contribution in [0.15, 0.2) is 48.5 Å². The Morgan fingerprint density at radius 3 is 2.28 bits per heavy atom. The number of hydrogen-bond acceptors (Lipinski definition) is 4. The van der Waals surface area contributed by atoms with Gasteiger partial charge < -0.3 is 10.2 Å². The molecule has 0 saturated carbocycles.